The van der Waals surface area contributed by atoms with E-state index in [9.17, 15) is 9.90 Å². The van der Waals surface area contributed by atoms with Gasteiger partial charge in [-0.05, 0) is 13.8 Å². The van der Waals surface area contributed by atoms with E-state index in [0.717, 1.165) is 0 Å². The number of carbonyl (C=O) groups is 1. The Balaban J connectivity index is 2.10. The smallest absolute Gasteiger partial charge is 0.308 e. The molecule has 0 spiro atoms. The molecule has 2 aliphatic rings. The Morgan fingerprint density at radius 2 is 2.21 bits per heavy atom. The fourth-order valence-corrected chi connectivity index (χ4v) is 1.75. The molecule has 1 unspecified atom stereocenters. The fraction of sp³-hybridized carbons (Fsp3) is 0.889. The summed E-state index contributed by atoms with van der Waals surface area (Å²) in [4.78, 5) is 11.0. The lowest BCUT2D eigenvalue weighted by atomic mass is 10.0. The maximum absolute atomic E-state index is 11.0. The zero-order valence-electron chi connectivity index (χ0n) is 8.23. The second-order valence-electron chi connectivity index (χ2n) is 4.09. The molecule has 3 atom stereocenters. The summed E-state index contributed by atoms with van der Waals surface area (Å²) in [6.07, 6.45) is -1.72. The van der Waals surface area contributed by atoms with Gasteiger partial charge in [-0.3, -0.25) is 4.79 Å². The largest absolute Gasteiger partial charge is 0.457 e. The van der Waals surface area contributed by atoms with Gasteiger partial charge in [0.25, 0.3) is 0 Å². The van der Waals surface area contributed by atoms with Crippen LogP contribution in [0.5, 0.6) is 0 Å². The average Bonchev–Trinajstić information content (AvgIpc) is 2.06. The van der Waals surface area contributed by atoms with Crippen LogP contribution in [0, 0.1) is 0 Å². The molecule has 1 N–H and O–H groups in total. The topological polar surface area (TPSA) is 65.0 Å². The van der Waals surface area contributed by atoms with Gasteiger partial charge in [0.1, 0.15) is 6.10 Å². The second-order valence-corrected chi connectivity index (χ2v) is 4.09. The van der Waals surface area contributed by atoms with Gasteiger partial charge in [0.2, 0.25) is 0 Å². The Morgan fingerprint density at radius 1 is 1.50 bits per heavy atom. The molecule has 0 aromatic heterocycles. The Morgan fingerprint density at radius 3 is 2.93 bits per heavy atom. The maximum Gasteiger partial charge on any atom is 0.308 e. The highest BCUT2D eigenvalue weighted by Gasteiger charge is 2.46. The van der Waals surface area contributed by atoms with Crippen molar-refractivity contribution in [2.24, 2.45) is 0 Å². The van der Waals surface area contributed by atoms with Crippen LogP contribution in [0.1, 0.15) is 20.3 Å². The molecule has 14 heavy (non-hydrogen) atoms. The minimum Gasteiger partial charge on any atom is -0.457 e. The molecule has 0 aliphatic carbocycles. The van der Waals surface area contributed by atoms with Gasteiger partial charge in [0.05, 0.1) is 19.1 Å². The minimum atomic E-state index is -0.788. The van der Waals surface area contributed by atoms with Crippen LogP contribution in [0.4, 0.5) is 0 Å². The predicted molar refractivity (Wildman–Crippen MR) is 45.4 cm³/mol. The molecule has 0 radical (unpaired) electrons. The van der Waals surface area contributed by atoms with Crippen LogP contribution in [0.3, 0.4) is 0 Å². The molecule has 0 aromatic carbocycles. The first-order chi connectivity index (χ1) is 6.48. The van der Waals surface area contributed by atoms with Crippen LogP contribution in [-0.2, 0) is 19.0 Å². The van der Waals surface area contributed by atoms with E-state index >= 15 is 0 Å². The monoisotopic (exact) mass is 202 g/mol. The van der Waals surface area contributed by atoms with Crippen molar-refractivity contribution in [1.82, 2.24) is 0 Å². The quantitative estimate of drug-likeness (QED) is 0.552. The fourth-order valence-electron chi connectivity index (χ4n) is 1.75. The van der Waals surface area contributed by atoms with Gasteiger partial charge in [-0.2, -0.15) is 0 Å². The molecule has 2 saturated heterocycles. The first-order valence-electron chi connectivity index (χ1n) is 4.67. The Bertz CT molecular complexity index is 250. The van der Waals surface area contributed by atoms with Gasteiger partial charge in [0.15, 0.2) is 11.9 Å². The van der Waals surface area contributed by atoms with Gasteiger partial charge in [-0.25, -0.2) is 0 Å². The predicted octanol–water partition coefficient (Wildman–Crippen LogP) is -0.186. The molecular formula is C9H14O5. The molecule has 2 fully saturated rings. The Labute approximate surface area is 81.9 Å². The first-order valence-corrected chi connectivity index (χ1v) is 4.67. The van der Waals surface area contributed by atoms with E-state index in [0.29, 0.717) is 0 Å². The van der Waals surface area contributed by atoms with E-state index in [4.69, 9.17) is 14.2 Å². The van der Waals surface area contributed by atoms with Crippen molar-refractivity contribution in [2.45, 2.75) is 44.4 Å². The SMILES string of the molecule is CC1(C)OC[C@H]2OC(=O)C[C@@H](O)C2O1. The summed E-state index contributed by atoms with van der Waals surface area (Å²) in [6, 6.07) is 0. The third-order valence-electron chi connectivity index (χ3n) is 2.42. The molecule has 0 amide bonds. The standard InChI is InChI=1S/C9H14O5/c1-9(2)12-4-6-8(14-9)5(10)3-7(11)13-6/h5-6,8,10H,3-4H2,1-2H3/t5-,6-,8?/m1/s1. The summed E-state index contributed by atoms with van der Waals surface area (Å²) >= 11 is 0. The minimum absolute atomic E-state index is 0.00273. The van der Waals surface area contributed by atoms with Crippen LogP contribution in [0.15, 0.2) is 0 Å². The van der Waals surface area contributed by atoms with Crippen LogP contribution < -0.4 is 0 Å². The number of hydrogen-bond donors (Lipinski definition) is 1. The van der Waals surface area contributed by atoms with Crippen molar-refractivity contribution in [3.63, 3.8) is 0 Å². The number of fused-ring (bicyclic) bond motifs is 1. The number of ether oxygens (including phenoxy) is 3. The van der Waals surface area contributed by atoms with Gasteiger partial charge >= 0.3 is 5.97 Å². The average molecular weight is 202 g/mol. The third-order valence-corrected chi connectivity index (χ3v) is 2.42. The maximum atomic E-state index is 11.0. The van der Waals surface area contributed by atoms with Crippen LogP contribution in [0.2, 0.25) is 0 Å². The Hall–Kier alpha value is -0.650. The highest BCUT2D eigenvalue weighted by Crippen LogP contribution is 2.29. The molecule has 0 saturated carbocycles. The zero-order chi connectivity index (χ0) is 10.3. The molecule has 2 heterocycles. The van der Waals surface area contributed by atoms with Crippen LogP contribution in [0.25, 0.3) is 0 Å². The normalized spacial score (nSPS) is 41.4. The first kappa shape index (κ1) is 9.89. The van der Waals surface area contributed by atoms with Gasteiger partial charge in [-0.1, -0.05) is 0 Å². The van der Waals surface area contributed by atoms with E-state index in [-0.39, 0.29) is 13.0 Å². The van der Waals surface area contributed by atoms with Crippen molar-refractivity contribution >= 4 is 5.97 Å². The van der Waals surface area contributed by atoms with Crippen molar-refractivity contribution in [1.29, 1.82) is 0 Å². The third kappa shape index (κ3) is 1.75. The highest BCUT2D eigenvalue weighted by atomic mass is 16.7. The van der Waals surface area contributed by atoms with E-state index in [2.05, 4.69) is 0 Å². The molecular weight excluding hydrogens is 188 g/mol. The van der Waals surface area contributed by atoms with Gasteiger partial charge in [0, 0.05) is 0 Å². The molecule has 5 heteroatoms. The summed E-state index contributed by atoms with van der Waals surface area (Å²) in [5.74, 6) is -1.11. The Kier molecular flexibility index (Phi) is 2.25. The van der Waals surface area contributed by atoms with Crippen molar-refractivity contribution < 1.29 is 24.1 Å². The number of rotatable bonds is 0. The lowest BCUT2D eigenvalue weighted by Gasteiger charge is -2.44. The molecule has 2 rings (SSSR count). The van der Waals surface area contributed by atoms with E-state index in [1.807, 2.05) is 0 Å². The summed E-state index contributed by atoms with van der Waals surface area (Å²) in [6.45, 7) is 3.82. The molecule has 5 nitrogen and oxygen atoms in total. The lowest BCUT2D eigenvalue weighted by Crippen LogP contribution is -2.58. The molecule has 0 bridgehead atoms. The highest BCUT2D eigenvalue weighted by molar-refractivity contribution is 5.71. The van der Waals surface area contributed by atoms with E-state index in [1.54, 1.807) is 13.8 Å². The molecule has 2 aliphatic heterocycles. The van der Waals surface area contributed by atoms with Gasteiger partial charge < -0.3 is 19.3 Å². The molecule has 0 aromatic rings. The number of carbonyl (C=O) groups excluding carboxylic acids is 1. The summed E-state index contributed by atoms with van der Waals surface area (Å²) in [7, 11) is 0. The van der Waals surface area contributed by atoms with Crippen molar-refractivity contribution in [2.75, 3.05) is 6.61 Å². The van der Waals surface area contributed by atoms with Crippen LogP contribution in [-0.4, -0.2) is 41.8 Å². The zero-order valence-corrected chi connectivity index (χ0v) is 8.23. The van der Waals surface area contributed by atoms with Crippen molar-refractivity contribution in [3.05, 3.63) is 0 Å². The van der Waals surface area contributed by atoms with Gasteiger partial charge in [-0.15, -0.1) is 0 Å². The lowest BCUT2D eigenvalue weighted by molar-refractivity contribution is -0.327. The number of esters is 1. The van der Waals surface area contributed by atoms with Crippen LogP contribution >= 0.6 is 0 Å². The number of hydrogen-bond acceptors (Lipinski definition) is 5. The summed E-state index contributed by atoms with van der Waals surface area (Å²) in [5.41, 5.74) is 0. The number of aliphatic hydroxyl groups excluding tert-OH is 1. The summed E-state index contributed by atoms with van der Waals surface area (Å²) < 4.78 is 15.8. The summed E-state index contributed by atoms with van der Waals surface area (Å²) in [5, 5.41) is 9.63. The number of aliphatic hydroxyl groups is 1. The van der Waals surface area contributed by atoms with Crippen molar-refractivity contribution in [3.8, 4) is 0 Å². The van der Waals surface area contributed by atoms with E-state index in [1.165, 1.54) is 0 Å². The molecule has 80 valence electrons. The van der Waals surface area contributed by atoms with E-state index < -0.39 is 30.1 Å². The second kappa shape index (κ2) is 3.18.